The first kappa shape index (κ1) is 5.90. The van der Waals surface area contributed by atoms with Gasteiger partial charge < -0.3 is 5.11 Å². The van der Waals surface area contributed by atoms with Crippen LogP contribution in [-0.2, 0) is 0 Å². The van der Waals surface area contributed by atoms with E-state index in [9.17, 15) is 0 Å². The van der Waals surface area contributed by atoms with Crippen molar-refractivity contribution in [3.63, 3.8) is 0 Å². The Balaban J connectivity index is 3.04. The first-order valence-electron chi connectivity index (χ1n) is 2.39. The molecule has 0 spiro atoms. The summed E-state index contributed by atoms with van der Waals surface area (Å²) in [5, 5.41) is 23.1. The first-order valence-corrected chi connectivity index (χ1v) is 2.39. The highest BCUT2D eigenvalue weighted by atomic mass is 16.5. The van der Waals surface area contributed by atoms with Gasteiger partial charge in [-0.25, -0.2) is 5.48 Å². The maximum atomic E-state index is 8.92. The van der Waals surface area contributed by atoms with Gasteiger partial charge in [-0.2, -0.15) is 5.10 Å². The van der Waals surface area contributed by atoms with Crippen LogP contribution in [0.25, 0.3) is 0 Å². The highest BCUT2D eigenvalue weighted by molar-refractivity contribution is 5.49. The fourth-order valence-electron chi connectivity index (χ4n) is 0.501. The quantitative estimate of drug-likeness (QED) is 0.409. The third kappa shape index (κ3) is 0.812. The highest BCUT2D eigenvalue weighted by Crippen LogP contribution is 2.21. The van der Waals surface area contributed by atoms with Gasteiger partial charge in [-0.05, 0) is 6.92 Å². The molecular weight excluding hydrogens is 122 g/mol. The number of aromatic nitrogens is 2. The van der Waals surface area contributed by atoms with Gasteiger partial charge in [-0.15, -0.1) is 0 Å². The maximum absolute atomic E-state index is 8.92. The number of rotatable bonds is 1. The molecular formula is C4H7N3O2. The average Bonchev–Trinajstić information content (AvgIpc) is 2.15. The van der Waals surface area contributed by atoms with Crippen LogP contribution >= 0.6 is 0 Å². The Morgan fingerprint density at radius 2 is 2.33 bits per heavy atom. The molecule has 0 aromatic carbocycles. The number of aromatic amines is 1. The van der Waals surface area contributed by atoms with Crippen molar-refractivity contribution in [1.82, 2.24) is 10.2 Å². The summed E-state index contributed by atoms with van der Waals surface area (Å²) in [5.41, 5.74) is 2.24. The Bertz CT molecular complexity index is 208. The van der Waals surface area contributed by atoms with Crippen LogP contribution in [0.15, 0.2) is 0 Å². The number of nitrogens with zero attached hydrogens (tertiary/aromatic N) is 1. The summed E-state index contributed by atoms with van der Waals surface area (Å²) in [6.45, 7) is 1.64. The molecule has 50 valence electrons. The number of aryl methyl sites for hydroxylation is 1. The summed E-state index contributed by atoms with van der Waals surface area (Å²) >= 11 is 0. The van der Waals surface area contributed by atoms with E-state index < -0.39 is 0 Å². The van der Waals surface area contributed by atoms with E-state index in [-0.39, 0.29) is 11.6 Å². The van der Waals surface area contributed by atoms with E-state index in [2.05, 4.69) is 10.2 Å². The zero-order chi connectivity index (χ0) is 6.85. The lowest BCUT2D eigenvalue weighted by molar-refractivity contribution is 0.378. The van der Waals surface area contributed by atoms with Gasteiger partial charge in [0.05, 0.1) is 5.69 Å². The SMILES string of the molecule is Cc1[nH]nc(NO)c1O. The molecule has 0 atom stereocenters. The second-order valence-electron chi connectivity index (χ2n) is 1.66. The fourth-order valence-corrected chi connectivity index (χ4v) is 0.501. The third-order valence-corrected chi connectivity index (χ3v) is 1.02. The van der Waals surface area contributed by atoms with Crippen LogP contribution in [0.5, 0.6) is 5.75 Å². The highest BCUT2D eigenvalue weighted by Gasteiger charge is 2.04. The van der Waals surface area contributed by atoms with E-state index in [0.717, 1.165) is 0 Å². The van der Waals surface area contributed by atoms with Crippen molar-refractivity contribution in [3.8, 4) is 5.75 Å². The van der Waals surface area contributed by atoms with Crippen LogP contribution in [0.1, 0.15) is 5.69 Å². The Morgan fingerprint density at radius 1 is 1.67 bits per heavy atom. The van der Waals surface area contributed by atoms with Gasteiger partial charge in [-0.3, -0.25) is 10.3 Å². The second kappa shape index (κ2) is 1.94. The van der Waals surface area contributed by atoms with Crippen molar-refractivity contribution >= 4 is 5.82 Å². The molecule has 0 fully saturated rings. The Morgan fingerprint density at radius 3 is 2.56 bits per heavy atom. The summed E-state index contributed by atoms with van der Waals surface area (Å²) in [4.78, 5) is 0. The molecule has 9 heavy (non-hydrogen) atoms. The lowest BCUT2D eigenvalue weighted by Gasteiger charge is -1.89. The smallest absolute Gasteiger partial charge is 0.213 e. The van der Waals surface area contributed by atoms with Crippen molar-refractivity contribution in [2.24, 2.45) is 0 Å². The van der Waals surface area contributed by atoms with Crippen molar-refractivity contribution in [1.29, 1.82) is 0 Å². The van der Waals surface area contributed by atoms with E-state index in [0.29, 0.717) is 5.69 Å². The number of hydrogen-bond acceptors (Lipinski definition) is 4. The molecule has 0 radical (unpaired) electrons. The van der Waals surface area contributed by atoms with Crippen molar-refractivity contribution in [3.05, 3.63) is 5.69 Å². The average molecular weight is 129 g/mol. The molecule has 0 unspecified atom stereocenters. The maximum Gasteiger partial charge on any atom is 0.213 e. The fraction of sp³-hybridized carbons (Fsp3) is 0.250. The predicted molar refractivity (Wildman–Crippen MR) is 30.4 cm³/mol. The van der Waals surface area contributed by atoms with Gasteiger partial charge in [0.1, 0.15) is 0 Å². The zero-order valence-corrected chi connectivity index (χ0v) is 4.84. The standard InChI is InChI=1S/C4H7N3O2/c1-2-3(8)4(7-9)6-5-2/h8-9H,1H3,(H2,5,6,7). The van der Waals surface area contributed by atoms with E-state index in [4.69, 9.17) is 10.3 Å². The van der Waals surface area contributed by atoms with Crippen LogP contribution in [0.4, 0.5) is 5.82 Å². The molecule has 0 amide bonds. The molecule has 0 saturated carbocycles. The van der Waals surface area contributed by atoms with Crippen LogP contribution in [-0.4, -0.2) is 20.5 Å². The molecule has 0 bridgehead atoms. The molecule has 1 rings (SSSR count). The lowest BCUT2D eigenvalue weighted by atomic mass is 10.4. The van der Waals surface area contributed by atoms with Gasteiger partial charge in [0.25, 0.3) is 0 Å². The van der Waals surface area contributed by atoms with Crippen LogP contribution in [0.2, 0.25) is 0 Å². The summed E-state index contributed by atoms with van der Waals surface area (Å²) < 4.78 is 0. The minimum atomic E-state index is -0.0579. The molecule has 5 nitrogen and oxygen atoms in total. The van der Waals surface area contributed by atoms with Gasteiger partial charge in [0.15, 0.2) is 5.75 Å². The lowest BCUT2D eigenvalue weighted by Crippen LogP contribution is -1.88. The third-order valence-electron chi connectivity index (χ3n) is 1.02. The van der Waals surface area contributed by atoms with Crippen molar-refractivity contribution in [2.45, 2.75) is 6.92 Å². The van der Waals surface area contributed by atoms with Gasteiger partial charge in [0, 0.05) is 0 Å². The minimum absolute atomic E-state index is 0.0486. The van der Waals surface area contributed by atoms with Crippen molar-refractivity contribution < 1.29 is 10.3 Å². The number of aromatic hydroxyl groups is 1. The Labute approximate surface area is 51.3 Å². The molecule has 4 N–H and O–H groups in total. The monoisotopic (exact) mass is 129 g/mol. The Kier molecular flexibility index (Phi) is 1.27. The van der Waals surface area contributed by atoms with Gasteiger partial charge in [-0.1, -0.05) is 0 Å². The first-order chi connectivity index (χ1) is 4.25. The Hall–Kier alpha value is -1.23. The van der Waals surface area contributed by atoms with Gasteiger partial charge in [0.2, 0.25) is 5.82 Å². The molecule has 5 heteroatoms. The second-order valence-corrected chi connectivity index (χ2v) is 1.66. The largest absolute Gasteiger partial charge is 0.503 e. The summed E-state index contributed by atoms with van der Waals surface area (Å²) in [7, 11) is 0. The van der Waals surface area contributed by atoms with Gasteiger partial charge >= 0.3 is 0 Å². The molecule has 0 aliphatic rings. The summed E-state index contributed by atoms with van der Waals surface area (Å²) in [6.07, 6.45) is 0. The number of hydrogen-bond donors (Lipinski definition) is 4. The molecule has 0 aliphatic carbocycles. The van der Waals surface area contributed by atoms with Crippen LogP contribution in [0.3, 0.4) is 0 Å². The summed E-state index contributed by atoms with van der Waals surface area (Å²) in [6, 6.07) is 0. The number of anilines is 1. The van der Waals surface area contributed by atoms with E-state index in [1.807, 2.05) is 0 Å². The zero-order valence-electron chi connectivity index (χ0n) is 4.84. The normalized spacial score (nSPS) is 9.56. The van der Waals surface area contributed by atoms with Crippen molar-refractivity contribution in [2.75, 3.05) is 5.48 Å². The molecule has 0 aliphatic heterocycles. The molecule has 1 aromatic rings. The molecule has 0 saturated heterocycles. The molecule has 1 aromatic heterocycles. The van der Waals surface area contributed by atoms with Crippen LogP contribution < -0.4 is 5.48 Å². The summed E-state index contributed by atoms with van der Waals surface area (Å²) in [5.74, 6) is -0.00926. The van der Waals surface area contributed by atoms with E-state index in [1.54, 1.807) is 12.4 Å². The van der Waals surface area contributed by atoms with Crippen LogP contribution in [0, 0.1) is 6.92 Å². The van der Waals surface area contributed by atoms with E-state index in [1.165, 1.54) is 0 Å². The number of nitrogens with one attached hydrogen (secondary N) is 2. The molecule has 1 heterocycles. The van der Waals surface area contributed by atoms with E-state index >= 15 is 0 Å². The minimum Gasteiger partial charge on any atom is -0.503 e. The predicted octanol–water partition coefficient (Wildman–Crippen LogP) is 0.225. The number of H-pyrrole nitrogens is 1. The topological polar surface area (TPSA) is 81.2 Å².